The molecule has 1 unspecified atom stereocenters. The van der Waals surface area contributed by atoms with Crippen LogP contribution in [0, 0.1) is 11.6 Å². The molecule has 26 heavy (non-hydrogen) atoms. The summed E-state index contributed by atoms with van der Waals surface area (Å²) in [5.74, 6) is -4.05. The second-order valence-electron chi connectivity index (χ2n) is 5.99. The minimum Gasteiger partial charge on any atom is -0.376 e. The third-order valence-electron chi connectivity index (χ3n) is 4.05. The lowest BCUT2D eigenvalue weighted by atomic mass is 9.97. The molecule has 0 saturated heterocycles. The molecule has 3 rings (SSSR count). The van der Waals surface area contributed by atoms with Gasteiger partial charge in [0.05, 0.1) is 18.1 Å². The largest absolute Gasteiger partial charge is 0.423 e. The Hall–Kier alpha value is -2.56. The van der Waals surface area contributed by atoms with Gasteiger partial charge in [-0.25, -0.2) is 18.4 Å². The zero-order chi connectivity index (χ0) is 19.2. The molecule has 0 fully saturated rings. The first-order valence-electron chi connectivity index (χ1n) is 7.51. The van der Waals surface area contributed by atoms with Gasteiger partial charge in [-0.15, -0.1) is 0 Å². The van der Waals surface area contributed by atoms with Crippen molar-refractivity contribution in [2.75, 3.05) is 6.54 Å². The Labute approximate surface area is 143 Å². The average Bonchev–Trinajstić information content (AvgIpc) is 2.97. The standard InChI is InChI=1S/C15H13F5N4O2/c1-7-5-23(14(26)12(25)15(18,19)20)6-8-3-22-24(11(7)8)13-10(17)2-9(16)4-21-13/h2-4,7,12,25H,5-6H2,1H3/t7-,12?/m1/s1. The van der Waals surface area contributed by atoms with Crippen LogP contribution < -0.4 is 0 Å². The zero-order valence-electron chi connectivity index (χ0n) is 13.3. The summed E-state index contributed by atoms with van der Waals surface area (Å²) in [5, 5.41) is 13.1. The minimum absolute atomic E-state index is 0.131. The molecule has 140 valence electrons. The molecular formula is C15H13F5N4O2. The van der Waals surface area contributed by atoms with Crippen molar-refractivity contribution in [3.63, 3.8) is 0 Å². The normalized spacial score (nSPS) is 18.6. The number of amides is 1. The summed E-state index contributed by atoms with van der Waals surface area (Å²) in [5.41, 5.74) is 0.838. The van der Waals surface area contributed by atoms with Crippen LogP contribution in [0.3, 0.4) is 0 Å². The van der Waals surface area contributed by atoms with Crippen LogP contribution in [0.15, 0.2) is 18.5 Å². The van der Waals surface area contributed by atoms with E-state index in [0.717, 1.165) is 15.8 Å². The topological polar surface area (TPSA) is 71.2 Å². The highest BCUT2D eigenvalue weighted by atomic mass is 19.4. The molecule has 0 bridgehead atoms. The van der Waals surface area contributed by atoms with Crippen molar-refractivity contribution < 1.29 is 31.9 Å². The maximum atomic E-state index is 14.0. The van der Waals surface area contributed by atoms with Gasteiger partial charge in [-0.05, 0) is 0 Å². The van der Waals surface area contributed by atoms with E-state index in [9.17, 15) is 26.7 Å². The molecule has 2 aromatic heterocycles. The molecule has 0 saturated carbocycles. The van der Waals surface area contributed by atoms with Gasteiger partial charge in [0, 0.05) is 30.6 Å². The van der Waals surface area contributed by atoms with E-state index in [1.54, 1.807) is 6.92 Å². The second-order valence-corrected chi connectivity index (χ2v) is 5.99. The van der Waals surface area contributed by atoms with Gasteiger partial charge in [0.25, 0.3) is 5.91 Å². The molecular weight excluding hydrogens is 363 g/mol. The van der Waals surface area contributed by atoms with Crippen molar-refractivity contribution in [3.8, 4) is 5.82 Å². The molecule has 0 aliphatic carbocycles. The number of carbonyl (C=O) groups excluding carboxylic acids is 1. The smallest absolute Gasteiger partial charge is 0.376 e. The molecule has 2 aromatic rings. The molecule has 1 N–H and O–H groups in total. The fourth-order valence-corrected chi connectivity index (χ4v) is 2.94. The Kier molecular flexibility index (Phi) is 4.42. The van der Waals surface area contributed by atoms with Crippen LogP contribution in [0.2, 0.25) is 0 Å². The lowest BCUT2D eigenvalue weighted by Gasteiger charge is -2.33. The Morgan fingerprint density at radius 3 is 2.65 bits per heavy atom. The summed E-state index contributed by atoms with van der Waals surface area (Å²) in [4.78, 5) is 16.4. The van der Waals surface area contributed by atoms with Gasteiger partial charge in [-0.1, -0.05) is 6.92 Å². The molecule has 1 amide bonds. The number of hydrogen-bond acceptors (Lipinski definition) is 4. The van der Waals surface area contributed by atoms with Crippen LogP contribution in [-0.4, -0.2) is 49.5 Å². The number of carbonyl (C=O) groups is 1. The third kappa shape index (κ3) is 3.14. The summed E-state index contributed by atoms with van der Waals surface area (Å²) >= 11 is 0. The number of alkyl halides is 3. The number of aromatic nitrogens is 3. The first kappa shape index (κ1) is 18.2. The molecule has 1 aliphatic rings. The van der Waals surface area contributed by atoms with Crippen LogP contribution in [0.4, 0.5) is 22.0 Å². The van der Waals surface area contributed by atoms with E-state index >= 15 is 0 Å². The Bertz CT molecular complexity index is 851. The highest BCUT2D eigenvalue weighted by Gasteiger charge is 2.46. The summed E-state index contributed by atoms with van der Waals surface area (Å²) in [7, 11) is 0. The number of nitrogens with zero attached hydrogens (tertiary/aromatic N) is 4. The molecule has 3 heterocycles. The Morgan fingerprint density at radius 2 is 2.04 bits per heavy atom. The van der Waals surface area contributed by atoms with E-state index in [0.29, 0.717) is 17.3 Å². The SMILES string of the molecule is C[C@@H]1CN(C(=O)C(O)C(F)(F)F)Cc2cnn(-c3ncc(F)cc3F)c21. The van der Waals surface area contributed by atoms with Gasteiger partial charge in [0.15, 0.2) is 11.6 Å². The number of halogens is 5. The van der Waals surface area contributed by atoms with E-state index in [1.165, 1.54) is 6.20 Å². The molecule has 0 radical (unpaired) electrons. The molecule has 1 aliphatic heterocycles. The number of pyridine rings is 1. The van der Waals surface area contributed by atoms with Crippen molar-refractivity contribution in [1.82, 2.24) is 19.7 Å². The average molecular weight is 376 g/mol. The van der Waals surface area contributed by atoms with E-state index in [1.807, 2.05) is 0 Å². The van der Waals surface area contributed by atoms with E-state index in [2.05, 4.69) is 10.1 Å². The first-order chi connectivity index (χ1) is 12.1. The molecule has 11 heteroatoms. The number of hydrogen-bond donors (Lipinski definition) is 1. The number of aliphatic hydroxyl groups excluding tert-OH is 1. The monoisotopic (exact) mass is 376 g/mol. The lowest BCUT2D eigenvalue weighted by Crippen LogP contribution is -2.48. The van der Waals surface area contributed by atoms with Crippen LogP contribution >= 0.6 is 0 Å². The summed E-state index contributed by atoms with van der Waals surface area (Å²) in [6, 6.07) is 0.638. The predicted octanol–water partition coefficient (Wildman–Crippen LogP) is 1.91. The van der Waals surface area contributed by atoms with Gasteiger partial charge in [0.2, 0.25) is 6.10 Å². The fourth-order valence-electron chi connectivity index (χ4n) is 2.94. The fraction of sp³-hybridized carbons (Fsp3) is 0.400. The summed E-state index contributed by atoms with van der Waals surface area (Å²) < 4.78 is 65.8. The minimum atomic E-state index is -5.06. The van der Waals surface area contributed by atoms with Gasteiger partial charge >= 0.3 is 6.18 Å². The van der Waals surface area contributed by atoms with Gasteiger partial charge in [0.1, 0.15) is 5.82 Å². The quantitative estimate of drug-likeness (QED) is 0.813. The lowest BCUT2D eigenvalue weighted by molar-refractivity contribution is -0.211. The number of aliphatic hydroxyl groups is 1. The van der Waals surface area contributed by atoms with Gasteiger partial charge in [-0.2, -0.15) is 18.3 Å². The molecule has 0 spiro atoms. The van der Waals surface area contributed by atoms with Crippen molar-refractivity contribution in [2.45, 2.75) is 31.7 Å². The molecule has 0 aromatic carbocycles. The van der Waals surface area contributed by atoms with Crippen molar-refractivity contribution in [1.29, 1.82) is 0 Å². The van der Waals surface area contributed by atoms with E-state index < -0.39 is 35.7 Å². The Morgan fingerprint density at radius 1 is 1.35 bits per heavy atom. The number of fused-ring (bicyclic) bond motifs is 1. The highest BCUT2D eigenvalue weighted by molar-refractivity contribution is 5.81. The van der Waals surface area contributed by atoms with Crippen molar-refractivity contribution in [3.05, 3.63) is 41.4 Å². The van der Waals surface area contributed by atoms with Crippen molar-refractivity contribution in [2.24, 2.45) is 0 Å². The molecule has 6 nitrogen and oxygen atoms in total. The van der Waals surface area contributed by atoms with Crippen LogP contribution in [0.5, 0.6) is 0 Å². The van der Waals surface area contributed by atoms with Crippen LogP contribution in [0.1, 0.15) is 24.1 Å². The Balaban J connectivity index is 1.92. The van der Waals surface area contributed by atoms with E-state index in [-0.39, 0.29) is 18.9 Å². The predicted molar refractivity (Wildman–Crippen MR) is 77.2 cm³/mol. The van der Waals surface area contributed by atoms with Gasteiger partial charge in [-0.3, -0.25) is 4.79 Å². The zero-order valence-corrected chi connectivity index (χ0v) is 13.3. The highest BCUT2D eigenvalue weighted by Crippen LogP contribution is 2.32. The third-order valence-corrected chi connectivity index (χ3v) is 4.05. The van der Waals surface area contributed by atoms with Crippen LogP contribution in [-0.2, 0) is 11.3 Å². The summed E-state index contributed by atoms with van der Waals surface area (Å²) in [6.45, 7) is 1.25. The summed E-state index contributed by atoms with van der Waals surface area (Å²) in [6.07, 6.45) is -6.08. The first-order valence-corrected chi connectivity index (χ1v) is 7.51. The maximum Gasteiger partial charge on any atom is 0.423 e. The van der Waals surface area contributed by atoms with E-state index in [4.69, 9.17) is 5.11 Å². The van der Waals surface area contributed by atoms with Gasteiger partial charge < -0.3 is 10.0 Å². The van der Waals surface area contributed by atoms with Crippen molar-refractivity contribution >= 4 is 5.91 Å². The maximum absolute atomic E-state index is 14.0. The second kappa shape index (κ2) is 6.31. The van der Waals surface area contributed by atoms with Crippen LogP contribution in [0.25, 0.3) is 5.82 Å². The number of rotatable bonds is 2. The molecule has 2 atom stereocenters.